The summed E-state index contributed by atoms with van der Waals surface area (Å²) in [5.41, 5.74) is 0. The van der Waals surface area contributed by atoms with Crippen LogP contribution in [0.5, 0.6) is 0 Å². The normalized spacial score (nSPS) is 7.20. The summed E-state index contributed by atoms with van der Waals surface area (Å²) in [7, 11) is 0. The van der Waals surface area contributed by atoms with Gasteiger partial charge in [0.1, 0.15) is 11.6 Å². The van der Waals surface area contributed by atoms with E-state index in [1.165, 1.54) is 0 Å². The molecule has 0 aromatic heterocycles. The molecule has 10 heavy (non-hydrogen) atoms. The molecule has 0 aromatic rings. The molecule has 0 radical (unpaired) electrons. The third kappa shape index (κ3) is 26.3. The molecule has 0 fully saturated rings. The van der Waals surface area contributed by atoms with Crippen LogP contribution in [0, 0.1) is 0 Å². The topological polar surface area (TPSA) is 46.2 Å². The molecule has 0 aliphatic heterocycles. The average molecular weight is 163 g/mol. The van der Waals surface area contributed by atoms with Gasteiger partial charge in [-0.3, -0.25) is 0 Å². The molecule has 0 bridgehead atoms. The Kier molecular flexibility index (Phi) is 19.1. The summed E-state index contributed by atoms with van der Waals surface area (Å²) in [5.74, 6) is 0. The molecule has 1 N–H and O–H groups in total. The van der Waals surface area contributed by atoms with Crippen molar-refractivity contribution in [1.82, 2.24) is 5.32 Å². The number of rotatable bonds is 4. The van der Waals surface area contributed by atoms with Gasteiger partial charge in [0.15, 0.2) is 0 Å². The maximum absolute atomic E-state index is 8.40. The molecule has 0 saturated heterocycles. The monoisotopic (exact) mass is 163 g/mol. The van der Waals surface area contributed by atoms with E-state index in [1.807, 2.05) is 12.2 Å². The van der Waals surface area contributed by atoms with Gasteiger partial charge in [0.05, 0.1) is 0 Å². The van der Waals surface area contributed by atoms with Gasteiger partial charge in [0.25, 0.3) is 0 Å². The Hall–Kier alpha value is -0.610. The van der Waals surface area contributed by atoms with Crippen molar-refractivity contribution in [2.24, 2.45) is 0 Å². The molecule has 0 saturated carbocycles. The summed E-state index contributed by atoms with van der Waals surface area (Å²) in [6.07, 6.45) is 3.65. The summed E-state index contributed by atoms with van der Waals surface area (Å²) < 4.78 is 16.8. The summed E-state index contributed by atoms with van der Waals surface area (Å²) in [6, 6.07) is 0. The fraction of sp³-hybridized carbons (Fsp3) is 0.333. The van der Waals surface area contributed by atoms with Gasteiger partial charge in [0, 0.05) is 13.1 Å². The van der Waals surface area contributed by atoms with Crippen LogP contribution >= 0.6 is 0 Å². The van der Waals surface area contributed by atoms with Crippen LogP contribution < -0.4 is 5.32 Å². The highest BCUT2D eigenvalue weighted by Crippen LogP contribution is 1.59. The van der Waals surface area contributed by atoms with Gasteiger partial charge in [-0.1, -0.05) is 12.2 Å². The van der Waals surface area contributed by atoms with Crippen LogP contribution in [0.2, 0.25) is 0 Å². The molecule has 0 aliphatic rings. The molecular weight excluding hydrogens is 150 g/mol. The Balaban J connectivity index is 0. The minimum atomic E-state index is -1.42. The predicted molar refractivity (Wildman–Crippen MR) is 45.0 cm³/mol. The fourth-order valence-electron chi connectivity index (χ4n) is 0.287. The molecule has 0 heterocycles. The van der Waals surface area contributed by atoms with Crippen molar-refractivity contribution in [3.8, 4) is 0 Å². The molecule has 0 aromatic carbocycles. The molecule has 0 aliphatic carbocycles. The minimum Gasteiger partial charge on any atom is -0.310 e. The van der Waals surface area contributed by atoms with Gasteiger partial charge >= 0.3 is 0 Å². The molecule has 0 unspecified atom stereocenters. The van der Waals surface area contributed by atoms with Crippen molar-refractivity contribution >= 4 is 11.6 Å². The first-order chi connectivity index (χ1) is 4.83. The Morgan fingerprint density at radius 2 is 1.50 bits per heavy atom. The summed E-state index contributed by atoms with van der Waals surface area (Å²) >= 11 is -1.42. The van der Waals surface area contributed by atoms with E-state index < -0.39 is 11.6 Å². The van der Waals surface area contributed by atoms with E-state index in [2.05, 4.69) is 18.5 Å². The lowest BCUT2D eigenvalue weighted by Crippen LogP contribution is -2.11. The SMILES string of the molecule is C=CCNCC=C.O=[SH2]=O. The highest BCUT2D eigenvalue weighted by Gasteiger charge is 1.69. The van der Waals surface area contributed by atoms with Gasteiger partial charge in [-0.2, -0.15) is 0 Å². The van der Waals surface area contributed by atoms with Crippen LogP contribution in [0.25, 0.3) is 0 Å². The van der Waals surface area contributed by atoms with Gasteiger partial charge in [0.2, 0.25) is 0 Å². The first-order valence-corrected chi connectivity index (χ1v) is 3.56. The van der Waals surface area contributed by atoms with E-state index in [0.717, 1.165) is 13.1 Å². The minimum absolute atomic E-state index is 0.867. The van der Waals surface area contributed by atoms with Gasteiger partial charge in [-0.25, -0.2) is 8.42 Å². The van der Waals surface area contributed by atoms with Gasteiger partial charge < -0.3 is 5.32 Å². The maximum Gasteiger partial charge on any atom is 0.129 e. The van der Waals surface area contributed by atoms with E-state index in [0.29, 0.717) is 0 Å². The number of nitrogens with one attached hydrogen (secondary N) is 1. The number of hydrogen-bond donors (Lipinski definition) is 1. The van der Waals surface area contributed by atoms with Crippen molar-refractivity contribution < 1.29 is 8.42 Å². The molecule has 0 amide bonds. The molecule has 0 rings (SSSR count). The zero-order valence-corrected chi connectivity index (χ0v) is 6.80. The molecular formula is C6H13NO2S. The second-order valence-corrected chi connectivity index (χ2v) is 1.49. The van der Waals surface area contributed by atoms with Crippen LogP contribution in [0.1, 0.15) is 0 Å². The molecule has 60 valence electrons. The van der Waals surface area contributed by atoms with Gasteiger partial charge in [-0.15, -0.1) is 13.2 Å². The molecule has 3 nitrogen and oxygen atoms in total. The summed E-state index contributed by atoms with van der Waals surface area (Å²) in [4.78, 5) is 0. The first-order valence-electron chi connectivity index (χ1n) is 2.75. The Morgan fingerprint density at radius 1 is 1.20 bits per heavy atom. The van der Waals surface area contributed by atoms with Crippen molar-refractivity contribution in [3.63, 3.8) is 0 Å². The van der Waals surface area contributed by atoms with Crippen LogP contribution in [0.4, 0.5) is 0 Å². The van der Waals surface area contributed by atoms with Crippen molar-refractivity contribution in [1.29, 1.82) is 0 Å². The third-order valence-electron chi connectivity index (χ3n) is 0.577. The van der Waals surface area contributed by atoms with Crippen molar-refractivity contribution in [3.05, 3.63) is 25.3 Å². The van der Waals surface area contributed by atoms with Crippen LogP contribution in [-0.4, -0.2) is 21.5 Å². The summed E-state index contributed by atoms with van der Waals surface area (Å²) in [6.45, 7) is 8.81. The van der Waals surface area contributed by atoms with Crippen LogP contribution in [-0.2, 0) is 11.6 Å². The van der Waals surface area contributed by atoms with Crippen LogP contribution in [0.15, 0.2) is 25.3 Å². The van der Waals surface area contributed by atoms with E-state index in [4.69, 9.17) is 8.42 Å². The van der Waals surface area contributed by atoms with E-state index in [9.17, 15) is 0 Å². The number of hydrogen-bond acceptors (Lipinski definition) is 3. The zero-order chi connectivity index (χ0) is 8.24. The largest absolute Gasteiger partial charge is 0.310 e. The zero-order valence-electron chi connectivity index (χ0n) is 5.80. The standard InChI is InChI=1S/C6H11N.H2O2S/c1-3-5-7-6-4-2;1-3-2/h3-4,7H,1-2,5-6H2;3H2. The Morgan fingerprint density at radius 3 is 1.70 bits per heavy atom. The quantitative estimate of drug-likeness (QED) is 0.459. The van der Waals surface area contributed by atoms with E-state index in [-0.39, 0.29) is 0 Å². The van der Waals surface area contributed by atoms with Crippen molar-refractivity contribution in [2.45, 2.75) is 0 Å². The molecule has 0 spiro atoms. The van der Waals surface area contributed by atoms with Crippen molar-refractivity contribution in [2.75, 3.05) is 13.1 Å². The molecule has 0 atom stereocenters. The second kappa shape index (κ2) is 15.8. The summed E-state index contributed by atoms with van der Waals surface area (Å²) in [5, 5.41) is 3.05. The lowest BCUT2D eigenvalue weighted by Gasteiger charge is -1.90. The lowest BCUT2D eigenvalue weighted by molar-refractivity contribution is 0.630. The fourth-order valence-corrected chi connectivity index (χ4v) is 0.287. The molecule has 4 heteroatoms. The second-order valence-electron chi connectivity index (χ2n) is 1.32. The Labute approximate surface area is 64.4 Å². The average Bonchev–Trinajstić information content (AvgIpc) is 1.91. The maximum atomic E-state index is 8.40. The lowest BCUT2D eigenvalue weighted by atomic mass is 10.5. The Bertz CT molecular complexity index is 111. The van der Waals surface area contributed by atoms with Gasteiger partial charge in [-0.05, 0) is 0 Å². The van der Waals surface area contributed by atoms with Crippen LogP contribution in [0.3, 0.4) is 0 Å². The highest BCUT2D eigenvalue weighted by atomic mass is 32.1. The predicted octanol–water partition coefficient (Wildman–Crippen LogP) is -0.258. The third-order valence-corrected chi connectivity index (χ3v) is 0.577. The van der Waals surface area contributed by atoms with E-state index >= 15 is 0 Å². The van der Waals surface area contributed by atoms with E-state index in [1.54, 1.807) is 0 Å². The first kappa shape index (κ1) is 12.1. The smallest absolute Gasteiger partial charge is 0.129 e. The highest BCUT2D eigenvalue weighted by molar-refractivity contribution is 7.51.